The van der Waals surface area contributed by atoms with Crippen LogP contribution in [0.5, 0.6) is 0 Å². The average Bonchev–Trinajstić information content (AvgIpc) is 2.54. The lowest BCUT2D eigenvalue weighted by atomic mass is 10.1. The molecule has 0 radical (unpaired) electrons. The molecule has 3 N–H and O–H groups in total. The van der Waals surface area contributed by atoms with Crippen molar-refractivity contribution < 1.29 is 0 Å². The number of nitrogens with zero attached hydrogens (tertiary/aromatic N) is 2. The number of nitrogen functional groups attached to an aromatic ring is 1. The Morgan fingerprint density at radius 3 is 3.00 bits per heavy atom. The van der Waals surface area contributed by atoms with Crippen molar-refractivity contribution in [2.45, 2.75) is 38.6 Å². The highest BCUT2D eigenvalue weighted by Crippen LogP contribution is 2.22. The van der Waals surface area contributed by atoms with Gasteiger partial charge in [-0.1, -0.05) is 18.9 Å². The maximum absolute atomic E-state index is 7.44. The van der Waals surface area contributed by atoms with Crippen LogP contribution in [0.25, 0.3) is 0 Å². The number of amidine groups is 1. The van der Waals surface area contributed by atoms with E-state index in [1.807, 2.05) is 12.1 Å². The summed E-state index contributed by atoms with van der Waals surface area (Å²) in [4.78, 5) is 6.80. The zero-order valence-electron chi connectivity index (χ0n) is 10.3. The van der Waals surface area contributed by atoms with Gasteiger partial charge in [0.2, 0.25) is 0 Å². The molecule has 2 rings (SSSR count). The van der Waals surface area contributed by atoms with Crippen LogP contribution in [-0.4, -0.2) is 23.4 Å². The lowest BCUT2D eigenvalue weighted by molar-refractivity contribution is 0.611. The second-order valence-electron chi connectivity index (χ2n) is 4.69. The molecule has 0 aromatic carbocycles. The summed E-state index contributed by atoms with van der Waals surface area (Å²) < 4.78 is 0. The second-order valence-corrected chi connectivity index (χ2v) is 4.69. The number of aromatic nitrogens is 1. The fourth-order valence-corrected chi connectivity index (χ4v) is 2.35. The van der Waals surface area contributed by atoms with Crippen molar-refractivity contribution in [1.82, 2.24) is 4.98 Å². The van der Waals surface area contributed by atoms with Gasteiger partial charge < -0.3 is 10.6 Å². The van der Waals surface area contributed by atoms with E-state index < -0.39 is 0 Å². The summed E-state index contributed by atoms with van der Waals surface area (Å²) in [6, 6.07) is 6.24. The summed E-state index contributed by atoms with van der Waals surface area (Å²) in [5, 5.41) is 7.44. The van der Waals surface area contributed by atoms with Crippen molar-refractivity contribution in [3.8, 4) is 0 Å². The number of nitrogens with two attached hydrogens (primary N) is 1. The molecule has 1 atom stereocenters. The van der Waals surface area contributed by atoms with Crippen molar-refractivity contribution in [2.24, 2.45) is 5.73 Å². The van der Waals surface area contributed by atoms with E-state index in [0.717, 1.165) is 12.4 Å². The minimum Gasteiger partial charge on any atom is -0.382 e. The van der Waals surface area contributed by atoms with Crippen LogP contribution in [0.2, 0.25) is 0 Å². The van der Waals surface area contributed by atoms with E-state index in [9.17, 15) is 0 Å². The third-order valence-electron chi connectivity index (χ3n) is 3.36. The van der Waals surface area contributed by atoms with Gasteiger partial charge >= 0.3 is 0 Å². The van der Waals surface area contributed by atoms with E-state index >= 15 is 0 Å². The molecule has 0 aliphatic carbocycles. The van der Waals surface area contributed by atoms with Gasteiger partial charge in [-0.2, -0.15) is 0 Å². The van der Waals surface area contributed by atoms with Gasteiger partial charge in [0.1, 0.15) is 17.3 Å². The molecule has 1 aromatic heterocycles. The fourth-order valence-electron chi connectivity index (χ4n) is 2.35. The first-order valence-corrected chi connectivity index (χ1v) is 6.26. The molecule has 0 bridgehead atoms. The fraction of sp³-hybridized carbons (Fsp3) is 0.538. The topological polar surface area (TPSA) is 66.0 Å². The number of pyridine rings is 1. The zero-order chi connectivity index (χ0) is 12.3. The average molecular weight is 232 g/mol. The molecule has 0 amide bonds. The number of anilines is 1. The molecular weight excluding hydrogens is 212 g/mol. The first-order chi connectivity index (χ1) is 8.18. The van der Waals surface area contributed by atoms with Crippen LogP contribution in [0.4, 0.5) is 5.82 Å². The predicted molar refractivity (Wildman–Crippen MR) is 70.5 cm³/mol. The quantitative estimate of drug-likeness (QED) is 0.606. The molecule has 1 aliphatic rings. The Kier molecular flexibility index (Phi) is 3.61. The van der Waals surface area contributed by atoms with Crippen LogP contribution >= 0.6 is 0 Å². The van der Waals surface area contributed by atoms with E-state index in [2.05, 4.69) is 16.8 Å². The van der Waals surface area contributed by atoms with Gasteiger partial charge in [-0.15, -0.1) is 0 Å². The Morgan fingerprint density at radius 2 is 2.24 bits per heavy atom. The van der Waals surface area contributed by atoms with Crippen molar-refractivity contribution >= 4 is 11.7 Å². The summed E-state index contributed by atoms with van der Waals surface area (Å²) in [6.07, 6.45) is 5.03. The third-order valence-corrected chi connectivity index (χ3v) is 3.36. The minimum absolute atomic E-state index is 0.0364. The summed E-state index contributed by atoms with van der Waals surface area (Å²) in [7, 11) is 0. The highest BCUT2D eigenvalue weighted by atomic mass is 15.2. The predicted octanol–water partition coefficient (Wildman–Crippen LogP) is 2.13. The molecule has 1 aliphatic heterocycles. The SMILES string of the molecule is CC1CCCCCN1c1cccc(C(=N)N)n1. The van der Waals surface area contributed by atoms with E-state index in [0.29, 0.717) is 11.7 Å². The van der Waals surface area contributed by atoms with Crippen molar-refractivity contribution in [1.29, 1.82) is 5.41 Å². The normalized spacial score (nSPS) is 21.0. The molecule has 2 heterocycles. The number of rotatable bonds is 2. The molecular formula is C13H20N4. The van der Waals surface area contributed by atoms with Crippen LogP contribution in [0.1, 0.15) is 38.3 Å². The monoisotopic (exact) mass is 232 g/mol. The third kappa shape index (κ3) is 2.75. The van der Waals surface area contributed by atoms with Crippen LogP contribution in [0.15, 0.2) is 18.2 Å². The standard InChI is InChI=1S/C13H20N4/c1-10-6-3-2-4-9-17(10)12-8-5-7-11(16-12)13(14)15/h5,7-8,10H,2-4,6,9H2,1H3,(H3,14,15). The van der Waals surface area contributed by atoms with E-state index in [1.54, 1.807) is 6.07 Å². The minimum atomic E-state index is 0.0364. The maximum atomic E-state index is 7.44. The van der Waals surface area contributed by atoms with Gasteiger partial charge in [0.05, 0.1) is 0 Å². The van der Waals surface area contributed by atoms with Crippen LogP contribution in [-0.2, 0) is 0 Å². The van der Waals surface area contributed by atoms with E-state index in [4.69, 9.17) is 11.1 Å². The lowest BCUT2D eigenvalue weighted by Gasteiger charge is -2.28. The molecule has 4 nitrogen and oxygen atoms in total. The first kappa shape index (κ1) is 11.9. The van der Waals surface area contributed by atoms with Crippen molar-refractivity contribution in [2.75, 3.05) is 11.4 Å². The number of hydrogen-bond acceptors (Lipinski definition) is 3. The summed E-state index contributed by atoms with van der Waals surface area (Å²) in [5.74, 6) is 0.987. The van der Waals surface area contributed by atoms with Crippen molar-refractivity contribution in [3.63, 3.8) is 0 Å². The summed E-state index contributed by atoms with van der Waals surface area (Å²) in [5.41, 5.74) is 6.05. The highest BCUT2D eigenvalue weighted by Gasteiger charge is 2.18. The Bertz CT molecular complexity index is 402. The second kappa shape index (κ2) is 5.17. The molecule has 0 saturated carbocycles. The maximum Gasteiger partial charge on any atom is 0.141 e. The Balaban J connectivity index is 2.25. The molecule has 4 heteroatoms. The van der Waals surface area contributed by atoms with Gasteiger partial charge in [0, 0.05) is 12.6 Å². The van der Waals surface area contributed by atoms with Crippen LogP contribution in [0.3, 0.4) is 0 Å². The van der Waals surface area contributed by atoms with E-state index in [1.165, 1.54) is 25.7 Å². The molecule has 17 heavy (non-hydrogen) atoms. The van der Waals surface area contributed by atoms with Crippen LogP contribution < -0.4 is 10.6 Å². The smallest absolute Gasteiger partial charge is 0.141 e. The molecule has 1 aromatic rings. The van der Waals surface area contributed by atoms with Gasteiger partial charge in [0.15, 0.2) is 0 Å². The Labute approximate surface area is 102 Å². The Morgan fingerprint density at radius 1 is 1.41 bits per heavy atom. The van der Waals surface area contributed by atoms with Crippen LogP contribution in [0, 0.1) is 5.41 Å². The van der Waals surface area contributed by atoms with E-state index in [-0.39, 0.29) is 5.84 Å². The zero-order valence-corrected chi connectivity index (χ0v) is 10.3. The van der Waals surface area contributed by atoms with Gasteiger partial charge in [0.25, 0.3) is 0 Å². The van der Waals surface area contributed by atoms with Gasteiger partial charge in [-0.3, -0.25) is 5.41 Å². The molecule has 0 spiro atoms. The first-order valence-electron chi connectivity index (χ1n) is 6.26. The number of hydrogen-bond donors (Lipinski definition) is 2. The van der Waals surface area contributed by atoms with Gasteiger partial charge in [-0.25, -0.2) is 4.98 Å². The van der Waals surface area contributed by atoms with Crippen molar-refractivity contribution in [3.05, 3.63) is 23.9 Å². The number of nitrogens with one attached hydrogen (secondary N) is 1. The lowest BCUT2D eigenvalue weighted by Crippen LogP contribution is -2.33. The Hall–Kier alpha value is -1.58. The largest absolute Gasteiger partial charge is 0.382 e. The van der Waals surface area contributed by atoms with Gasteiger partial charge in [-0.05, 0) is 31.9 Å². The molecule has 92 valence electrons. The molecule has 1 unspecified atom stereocenters. The summed E-state index contributed by atoms with van der Waals surface area (Å²) in [6.45, 7) is 3.29. The highest BCUT2D eigenvalue weighted by molar-refractivity contribution is 5.93. The molecule has 1 fully saturated rings. The summed E-state index contributed by atoms with van der Waals surface area (Å²) >= 11 is 0. The molecule has 1 saturated heterocycles.